The van der Waals surface area contributed by atoms with Gasteiger partial charge in [-0.25, -0.2) is 9.97 Å². The molecule has 6 atom stereocenters. The van der Waals surface area contributed by atoms with Crippen LogP contribution in [0.2, 0.25) is 0 Å². The lowest BCUT2D eigenvalue weighted by atomic mass is 9.91. The van der Waals surface area contributed by atoms with Gasteiger partial charge in [-0.3, -0.25) is 14.5 Å². The smallest absolute Gasteiger partial charge is 0.254 e. The van der Waals surface area contributed by atoms with Crippen LogP contribution in [0, 0.1) is 19.8 Å². The van der Waals surface area contributed by atoms with E-state index in [1.807, 2.05) is 89.5 Å². The van der Waals surface area contributed by atoms with Crippen molar-refractivity contribution in [3.05, 3.63) is 108 Å². The molecule has 5 N–H and O–H groups in total. The lowest BCUT2D eigenvalue weighted by molar-refractivity contribution is -0.141. The predicted octanol–water partition coefficient (Wildman–Crippen LogP) is 6.52. The Hall–Kier alpha value is -7.29. The van der Waals surface area contributed by atoms with E-state index in [1.54, 1.807) is 18.2 Å². The van der Waals surface area contributed by atoms with Crippen molar-refractivity contribution in [1.29, 1.82) is 0 Å². The number of ether oxygens (including phenoxy) is 3. The summed E-state index contributed by atoms with van der Waals surface area (Å²) in [5.74, 6) is 1.21. The molecule has 4 aliphatic heterocycles. The number of para-hydroxylation sites is 1. The second-order valence-corrected chi connectivity index (χ2v) is 22.2. The third-order valence-electron chi connectivity index (χ3n) is 16.5. The fourth-order valence-corrected chi connectivity index (χ4v) is 12.3. The van der Waals surface area contributed by atoms with Gasteiger partial charge in [0.1, 0.15) is 36.2 Å². The summed E-state index contributed by atoms with van der Waals surface area (Å²) >= 11 is 0. The maximum Gasteiger partial charge on any atom is 0.254 e. The van der Waals surface area contributed by atoms with Crippen LogP contribution >= 0.6 is 0 Å². The first-order valence-corrected chi connectivity index (χ1v) is 27.7. The molecule has 78 heavy (non-hydrogen) atoms. The number of phenols is 1. The van der Waals surface area contributed by atoms with Gasteiger partial charge >= 0.3 is 0 Å². The quantitative estimate of drug-likeness (QED) is 0.0717. The molecule has 2 bridgehead atoms. The van der Waals surface area contributed by atoms with Crippen molar-refractivity contribution < 1.29 is 38.5 Å². The van der Waals surface area contributed by atoms with Crippen molar-refractivity contribution in [2.24, 2.45) is 5.92 Å². The number of amides is 2. The summed E-state index contributed by atoms with van der Waals surface area (Å²) in [5, 5.41) is 37.0. The number of aryl methyl sites for hydroxylation is 2. The highest BCUT2D eigenvalue weighted by atomic mass is 16.5. The van der Waals surface area contributed by atoms with E-state index >= 15 is 0 Å². The highest BCUT2D eigenvalue weighted by molar-refractivity contribution is 5.91. The van der Waals surface area contributed by atoms with E-state index in [0.717, 1.165) is 98.8 Å². The summed E-state index contributed by atoms with van der Waals surface area (Å²) in [4.78, 5) is 45.7. The van der Waals surface area contributed by atoms with Gasteiger partial charge < -0.3 is 59.3 Å². The van der Waals surface area contributed by atoms with Crippen molar-refractivity contribution in [3.63, 3.8) is 0 Å². The molecule has 6 aromatic rings. The van der Waals surface area contributed by atoms with Crippen LogP contribution in [0.3, 0.4) is 0 Å². The SMILES string of the molecule is Cc1cnc(C)n1-c1ccc([C@H](C)NC(=O)[C@@H]2C[C@@H](O)CN2C(=O)[C@@H](c2cc(OCCN3CCC(OC4CC(Oc5cc(N6C7CC[C@@H]6CN(c6cc(-c8ccccc8O)nnc6N)C7)ccn5)C4)CC3)no2)C(C)C)cc1. The molecule has 20 nitrogen and oxygen atoms in total. The number of aliphatic hydroxyl groups is 1. The topological polar surface area (TPSA) is 236 Å². The van der Waals surface area contributed by atoms with Crippen molar-refractivity contribution in [2.45, 2.75) is 134 Å². The van der Waals surface area contributed by atoms with Crippen LogP contribution in [0.25, 0.3) is 16.9 Å². The van der Waals surface area contributed by atoms with E-state index in [0.29, 0.717) is 47.7 Å². The highest BCUT2D eigenvalue weighted by Gasteiger charge is 2.45. The summed E-state index contributed by atoms with van der Waals surface area (Å²) in [6.45, 7) is 14.2. The molecule has 5 fully saturated rings. The normalized spacial score (nSPS) is 23.3. The van der Waals surface area contributed by atoms with Crippen LogP contribution in [0.4, 0.5) is 17.2 Å². The fraction of sp³-hybridized carbons (Fsp3) is 0.500. The number of nitrogens with one attached hydrogen (secondary N) is 1. The summed E-state index contributed by atoms with van der Waals surface area (Å²) in [5.41, 5.74) is 12.5. The van der Waals surface area contributed by atoms with E-state index in [9.17, 15) is 19.8 Å². The standard InChI is InChI=1S/C58H72N12O8/c1-34(2)55(58(74)68-33-43(71)25-50(68)57(73)62-36(4)38-10-12-39(13-11-38)69-35(3)30-61-37(69)5)52-29-54(65-78-52)75-23-22-66-20-17-44(18-21-66)76-45-26-46(27-45)77-53-24-40(16-19-60-53)70-41-14-15-42(70)32-67(31-41)49-28-48(63-64-56(49)59)47-8-6-7-9-51(47)72/h6-13,16,19,24,28-30,34,36,41-46,50,55,71-72H,14-15,17-18,20-23,25-27,31-33H2,1-5H3,(H2,59,64)(H,62,73)/t36-,41+,42?,43+,45?,46?,50-,55+/m0/s1. The molecular weight excluding hydrogens is 993 g/mol. The van der Waals surface area contributed by atoms with Gasteiger partial charge in [0.05, 0.1) is 35.7 Å². The average molecular weight is 1070 g/mol. The molecule has 1 unspecified atom stereocenters. The number of nitrogens with zero attached hydrogens (tertiary/aromatic N) is 10. The summed E-state index contributed by atoms with van der Waals surface area (Å²) < 4.78 is 26.8. The Morgan fingerprint density at radius 3 is 2.32 bits per heavy atom. The number of nitrogens with two attached hydrogens (primary N) is 1. The zero-order valence-corrected chi connectivity index (χ0v) is 45.1. The molecule has 11 rings (SSSR count). The second-order valence-electron chi connectivity index (χ2n) is 22.2. The van der Waals surface area contributed by atoms with E-state index in [-0.39, 0.29) is 72.9 Å². The number of phenolic OH excluding ortho intramolecular Hbond substituents is 1. The number of anilines is 3. The Kier molecular flexibility index (Phi) is 15.3. The molecule has 412 valence electrons. The number of piperidine rings is 1. The van der Waals surface area contributed by atoms with E-state index < -0.39 is 18.1 Å². The minimum atomic E-state index is -0.837. The van der Waals surface area contributed by atoms with Gasteiger partial charge in [0.15, 0.2) is 11.6 Å². The van der Waals surface area contributed by atoms with E-state index in [1.165, 1.54) is 4.90 Å². The molecule has 5 aliphatic rings. The Morgan fingerprint density at radius 1 is 0.846 bits per heavy atom. The number of pyridine rings is 1. The molecule has 2 amide bonds. The van der Waals surface area contributed by atoms with Crippen molar-refractivity contribution in [1.82, 2.24) is 45.0 Å². The first-order chi connectivity index (χ1) is 37.7. The van der Waals surface area contributed by atoms with Crippen molar-refractivity contribution in [2.75, 3.05) is 61.4 Å². The molecule has 0 spiro atoms. The number of hydrogen-bond acceptors (Lipinski definition) is 17. The van der Waals surface area contributed by atoms with Crippen LogP contribution in [-0.2, 0) is 14.3 Å². The number of hydrogen-bond donors (Lipinski definition) is 4. The van der Waals surface area contributed by atoms with E-state index in [2.05, 4.69) is 62.0 Å². The van der Waals surface area contributed by atoms with E-state index in [4.69, 9.17) is 24.5 Å². The molecule has 4 aromatic heterocycles. The fourth-order valence-electron chi connectivity index (χ4n) is 12.3. The first-order valence-electron chi connectivity index (χ1n) is 27.7. The van der Waals surface area contributed by atoms with Gasteiger partial charge in [-0.15, -0.1) is 10.2 Å². The molecule has 20 heteroatoms. The number of β-amino-alcohol motifs (C(OH)–C–C–N with tert-alkyl or cyclic N) is 1. The number of carbonyl (C=O) groups is 2. The number of piperazine rings is 1. The predicted molar refractivity (Wildman–Crippen MR) is 293 cm³/mol. The number of imidazole rings is 1. The molecule has 1 aliphatic carbocycles. The van der Waals surface area contributed by atoms with Crippen LogP contribution in [0.15, 0.2) is 89.7 Å². The average Bonchev–Trinajstić information content (AvgIpc) is 4.29. The summed E-state index contributed by atoms with van der Waals surface area (Å²) in [6, 6.07) is 22.3. The maximum atomic E-state index is 14.3. The number of likely N-dealkylation sites (tertiary alicyclic amines) is 2. The first kappa shape index (κ1) is 52.7. The van der Waals surface area contributed by atoms with Crippen LogP contribution in [0.5, 0.6) is 17.5 Å². The number of aliphatic hydroxyl groups excluding tert-OH is 1. The number of nitrogen functional groups attached to an aromatic ring is 1. The zero-order valence-electron chi connectivity index (χ0n) is 45.1. The number of benzene rings is 2. The van der Waals surface area contributed by atoms with Gasteiger partial charge in [-0.1, -0.05) is 38.1 Å². The highest BCUT2D eigenvalue weighted by Crippen LogP contribution is 2.41. The van der Waals surface area contributed by atoms with Gasteiger partial charge in [0.25, 0.3) is 5.88 Å². The zero-order chi connectivity index (χ0) is 54.2. The summed E-state index contributed by atoms with van der Waals surface area (Å²) in [7, 11) is 0. The van der Waals surface area contributed by atoms with Crippen LogP contribution in [0.1, 0.15) is 101 Å². The number of aromatic hydroxyl groups is 1. The number of carbonyl (C=O) groups excluding carboxylic acids is 2. The number of rotatable bonds is 18. The molecule has 0 radical (unpaired) electrons. The third-order valence-corrected chi connectivity index (χ3v) is 16.5. The van der Waals surface area contributed by atoms with Gasteiger partial charge in [-0.2, -0.15) is 0 Å². The number of aromatic nitrogens is 6. The van der Waals surface area contributed by atoms with Crippen molar-refractivity contribution >= 4 is 29.0 Å². The number of fused-ring (bicyclic) bond motifs is 2. The van der Waals surface area contributed by atoms with Crippen molar-refractivity contribution in [3.8, 4) is 34.5 Å². The molecule has 1 saturated carbocycles. The Morgan fingerprint density at radius 2 is 1.60 bits per heavy atom. The lowest BCUT2D eigenvalue weighted by Gasteiger charge is -2.43. The minimum Gasteiger partial charge on any atom is -0.507 e. The minimum absolute atomic E-state index is 0.0483. The Bertz CT molecular complexity index is 3030. The third kappa shape index (κ3) is 11.2. The summed E-state index contributed by atoms with van der Waals surface area (Å²) in [6.07, 6.45) is 9.04. The van der Waals surface area contributed by atoms with Gasteiger partial charge in [0.2, 0.25) is 17.7 Å². The lowest BCUT2D eigenvalue weighted by Crippen LogP contribution is -2.54. The molecular formula is C58H72N12O8. The Balaban J connectivity index is 0.602. The monoisotopic (exact) mass is 1060 g/mol. The van der Waals surface area contributed by atoms with Gasteiger partial charge in [-0.05, 0) is 99.5 Å². The molecule has 8 heterocycles. The molecule has 2 aromatic carbocycles. The van der Waals surface area contributed by atoms with Crippen LogP contribution in [-0.4, -0.2) is 150 Å². The Labute approximate surface area is 454 Å². The van der Waals surface area contributed by atoms with Gasteiger partial charge in [0, 0.05) is 118 Å². The molecule has 4 saturated heterocycles. The second kappa shape index (κ2) is 22.6. The maximum absolute atomic E-state index is 14.3. The largest absolute Gasteiger partial charge is 0.507 e. The van der Waals surface area contributed by atoms with Crippen LogP contribution < -0.4 is 30.3 Å².